The molecule has 0 aliphatic carbocycles. The first kappa shape index (κ1) is 20.2. The Hall–Kier alpha value is -2.16. The van der Waals surface area contributed by atoms with Crippen molar-refractivity contribution in [3.8, 4) is 0 Å². The number of hydrogen-bond acceptors (Lipinski definition) is 6. The highest BCUT2D eigenvalue weighted by Gasteiger charge is 2.42. The Balaban J connectivity index is 2.02. The average Bonchev–Trinajstić information content (AvgIpc) is 2.83. The van der Waals surface area contributed by atoms with Gasteiger partial charge in [-0.1, -0.05) is 23.2 Å². The largest absolute Gasteiger partial charge is 0.454 e. The van der Waals surface area contributed by atoms with E-state index in [-0.39, 0.29) is 27.7 Å². The summed E-state index contributed by atoms with van der Waals surface area (Å²) in [4.78, 5) is 49.3. The number of methoxy groups -OCH3 is 1. The van der Waals surface area contributed by atoms with Crippen LogP contribution in [0.15, 0.2) is 12.1 Å². The van der Waals surface area contributed by atoms with Gasteiger partial charge in [0.25, 0.3) is 17.7 Å². The predicted octanol–water partition coefficient (Wildman–Crippen LogP) is 1.28. The van der Waals surface area contributed by atoms with Crippen LogP contribution in [0.5, 0.6) is 0 Å². The fourth-order valence-corrected chi connectivity index (χ4v) is 2.64. The Bertz CT molecular complexity index is 726. The zero-order valence-electron chi connectivity index (χ0n) is 14.0. The number of imide groups is 1. The molecule has 8 nitrogen and oxygen atoms in total. The van der Waals surface area contributed by atoms with E-state index < -0.39 is 36.3 Å². The van der Waals surface area contributed by atoms with Gasteiger partial charge in [0, 0.05) is 13.7 Å². The van der Waals surface area contributed by atoms with E-state index in [1.807, 2.05) is 0 Å². The topological polar surface area (TPSA) is 102 Å². The Kier molecular flexibility index (Phi) is 6.57. The minimum atomic E-state index is -1.22. The van der Waals surface area contributed by atoms with Crippen molar-refractivity contribution in [3.63, 3.8) is 0 Å². The molecule has 1 atom stereocenters. The number of benzene rings is 1. The predicted molar refractivity (Wildman–Crippen MR) is 92.3 cm³/mol. The maximum absolute atomic E-state index is 12.4. The molecule has 0 saturated carbocycles. The van der Waals surface area contributed by atoms with Crippen LogP contribution in [-0.2, 0) is 19.1 Å². The van der Waals surface area contributed by atoms with Crippen LogP contribution in [0.3, 0.4) is 0 Å². The second-order valence-corrected chi connectivity index (χ2v) is 6.23. The third kappa shape index (κ3) is 4.14. The zero-order chi connectivity index (χ0) is 19.4. The number of nitrogens with one attached hydrogen (secondary N) is 1. The number of carbonyl (C=O) groups excluding carboxylic acids is 4. The summed E-state index contributed by atoms with van der Waals surface area (Å²) in [5.74, 6) is -2.78. The molecule has 140 valence electrons. The van der Waals surface area contributed by atoms with Crippen LogP contribution >= 0.6 is 23.2 Å². The minimum Gasteiger partial charge on any atom is -0.454 e. The third-order valence-electron chi connectivity index (χ3n) is 3.66. The second kappa shape index (κ2) is 8.48. The van der Waals surface area contributed by atoms with Gasteiger partial charge >= 0.3 is 5.97 Å². The maximum atomic E-state index is 12.4. The summed E-state index contributed by atoms with van der Waals surface area (Å²) in [5.41, 5.74) is 0.114. The van der Waals surface area contributed by atoms with Crippen molar-refractivity contribution >= 4 is 46.9 Å². The van der Waals surface area contributed by atoms with Crippen molar-refractivity contribution in [2.45, 2.75) is 13.0 Å². The van der Waals surface area contributed by atoms with Crippen molar-refractivity contribution in [3.05, 3.63) is 33.3 Å². The Labute approximate surface area is 159 Å². The quantitative estimate of drug-likeness (QED) is 0.418. The van der Waals surface area contributed by atoms with Gasteiger partial charge in [-0.15, -0.1) is 0 Å². The van der Waals surface area contributed by atoms with Crippen molar-refractivity contribution in [2.75, 3.05) is 26.9 Å². The van der Waals surface area contributed by atoms with Gasteiger partial charge in [-0.2, -0.15) is 0 Å². The van der Waals surface area contributed by atoms with E-state index in [1.165, 1.54) is 26.2 Å². The molecular formula is C16H16Cl2N2O6. The molecule has 0 spiro atoms. The first-order chi connectivity index (χ1) is 12.3. The lowest BCUT2D eigenvalue weighted by molar-refractivity contribution is -0.151. The number of rotatable bonds is 7. The lowest BCUT2D eigenvalue weighted by Gasteiger charge is -2.20. The Morgan fingerprint density at radius 3 is 2.19 bits per heavy atom. The van der Waals surface area contributed by atoms with Gasteiger partial charge in [-0.3, -0.25) is 19.3 Å². The monoisotopic (exact) mass is 402 g/mol. The van der Waals surface area contributed by atoms with Crippen LogP contribution in [0, 0.1) is 0 Å². The number of fused-ring (bicyclic) bond motifs is 1. The van der Waals surface area contributed by atoms with E-state index in [1.54, 1.807) is 0 Å². The van der Waals surface area contributed by atoms with Gasteiger partial charge in [0.05, 0.1) is 27.8 Å². The van der Waals surface area contributed by atoms with Gasteiger partial charge in [0.1, 0.15) is 6.04 Å². The first-order valence-corrected chi connectivity index (χ1v) is 8.32. The number of amides is 3. The summed E-state index contributed by atoms with van der Waals surface area (Å²) in [6.07, 6.45) is 0. The number of carbonyl (C=O) groups is 4. The maximum Gasteiger partial charge on any atom is 0.329 e. The van der Waals surface area contributed by atoms with Crippen LogP contribution in [0.4, 0.5) is 0 Å². The number of nitrogens with zero attached hydrogens (tertiary/aromatic N) is 1. The highest BCUT2D eigenvalue weighted by atomic mass is 35.5. The van der Waals surface area contributed by atoms with Crippen LogP contribution in [0.2, 0.25) is 10.0 Å². The van der Waals surface area contributed by atoms with E-state index in [0.717, 1.165) is 4.90 Å². The van der Waals surface area contributed by atoms with Gasteiger partial charge < -0.3 is 14.8 Å². The molecule has 3 amide bonds. The third-order valence-corrected chi connectivity index (χ3v) is 4.38. The fourth-order valence-electron chi connectivity index (χ4n) is 2.31. The van der Waals surface area contributed by atoms with Crippen LogP contribution < -0.4 is 5.32 Å². The van der Waals surface area contributed by atoms with Gasteiger partial charge in [-0.05, 0) is 19.1 Å². The Morgan fingerprint density at radius 1 is 1.15 bits per heavy atom. The molecule has 0 unspecified atom stereocenters. The highest BCUT2D eigenvalue weighted by molar-refractivity contribution is 6.43. The average molecular weight is 403 g/mol. The molecular weight excluding hydrogens is 387 g/mol. The molecule has 2 rings (SSSR count). The molecule has 0 fully saturated rings. The van der Waals surface area contributed by atoms with E-state index in [4.69, 9.17) is 32.7 Å². The number of hydrogen-bond donors (Lipinski definition) is 1. The van der Waals surface area contributed by atoms with Gasteiger partial charge in [0.2, 0.25) is 0 Å². The minimum absolute atomic E-state index is 0.0568. The summed E-state index contributed by atoms with van der Waals surface area (Å²) in [6.45, 7) is 1.38. The molecule has 0 aromatic heterocycles. The summed E-state index contributed by atoms with van der Waals surface area (Å²) in [7, 11) is 1.48. The SMILES string of the molecule is COCCNC(=O)COC(=O)[C@H](C)N1C(=O)c2cc(Cl)c(Cl)cc2C1=O. The van der Waals surface area contributed by atoms with Crippen molar-refractivity contribution < 1.29 is 28.7 Å². The molecule has 26 heavy (non-hydrogen) atoms. The van der Waals surface area contributed by atoms with E-state index in [2.05, 4.69) is 5.32 Å². The molecule has 1 aliphatic rings. The Morgan fingerprint density at radius 2 is 1.69 bits per heavy atom. The smallest absolute Gasteiger partial charge is 0.329 e. The molecule has 1 aromatic rings. The molecule has 1 aliphatic heterocycles. The first-order valence-electron chi connectivity index (χ1n) is 7.57. The summed E-state index contributed by atoms with van der Waals surface area (Å²) < 4.78 is 9.63. The summed E-state index contributed by atoms with van der Waals surface area (Å²) >= 11 is 11.7. The van der Waals surface area contributed by atoms with Crippen molar-refractivity contribution in [1.82, 2.24) is 10.2 Å². The molecule has 0 radical (unpaired) electrons. The van der Waals surface area contributed by atoms with Crippen molar-refractivity contribution in [1.29, 1.82) is 0 Å². The molecule has 0 bridgehead atoms. The van der Waals surface area contributed by atoms with Gasteiger partial charge in [0.15, 0.2) is 6.61 Å². The molecule has 10 heteroatoms. The lowest BCUT2D eigenvalue weighted by atomic mass is 10.1. The van der Waals surface area contributed by atoms with Crippen LogP contribution in [0.1, 0.15) is 27.6 Å². The van der Waals surface area contributed by atoms with Crippen LogP contribution in [0.25, 0.3) is 0 Å². The fraction of sp³-hybridized carbons (Fsp3) is 0.375. The number of ether oxygens (including phenoxy) is 2. The van der Waals surface area contributed by atoms with E-state index in [0.29, 0.717) is 6.61 Å². The van der Waals surface area contributed by atoms with E-state index >= 15 is 0 Å². The highest BCUT2D eigenvalue weighted by Crippen LogP contribution is 2.32. The lowest BCUT2D eigenvalue weighted by Crippen LogP contribution is -2.44. The standard InChI is InChI=1S/C16H16Cl2N2O6/c1-8(16(24)26-7-13(21)19-3-4-25-2)20-14(22)9-5-11(17)12(18)6-10(9)15(20)23/h5-6,8H,3-4,7H2,1-2H3,(H,19,21)/t8-/m0/s1. The molecule has 0 saturated heterocycles. The summed E-state index contributed by atoms with van der Waals surface area (Å²) in [5, 5.41) is 2.72. The van der Waals surface area contributed by atoms with Gasteiger partial charge in [-0.25, -0.2) is 4.79 Å². The second-order valence-electron chi connectivity index (χ2n) is 5.42. The molecule has 1 heterocycles. The molecule has 1 aromatic carbocycles. The van der Waals surface area contributed by atoms with Crippen molar-refractivity contribution in [2.24, 2.45) is 0 Å². The number of halogens is 2. The zero-order valence-corrected chi connectivity index (χ0v) is 15.5. The normalized spacial score (nSPS) is 14.2. The number of esters is 1. The van der Waals surface area contributed by atoms with Crippen LogP contribution in [-0.4, -0.2) is 61.5 Å². The summed E-state index contributed by atoms with van der Waals surface area (Å²) in [6, 6.07) is 1.34. The molecule has 1 N–H and O–H groups in total. The van der Waals surface area contributed by atoms with E-state index in [9.17, 15) is 19.2 Å².